The molecule has 0 aliphatic carbocycles. The topological polar surface area (TPSA) is 8.17 Å². The molecule has 1 aromatic heterocycles. The Bertz CT molecular complexity index is 911. The zero-order valence-corrected chi connectivity index (χ0v) is 22.5. The molecule has 3 heterocycles. The number of nitrogens with zero attached hydrogens (tertiary/aromatic N) is 2. The molecule has 0 amide bonds. The van der Waals surface area contributed by atoms with E-state index in [0.717, 1.165) is 0 Å². The van der Waals surface area contributed by atoms with Crippen LogP contribution in [0.1, 0.15) is 26.7 Å². The van der Waals surface area contributed by atoms with Crippen molar-refractivity contribution in [1.29, 1.82) is 0 Å². The van der Waals surface area contributed by atoms with Crippen LogP contribution < -0.4 is 4.90 Å². The van der Waals surface area contributed by atoms with Gasteiger partial charge in [0.1, 0.15) is 0 Å². The van der Waals surface area contributed by atoms with Gasteiger partial charge in [0.25, 0.3) is 0 Å². The highest BCUT2D eigenvalue weighted by molar-refractivity contribution is 8.42. The number of aromatic nitrogens is 1. The number of anilines is 1. The maximum atomic E-state index is 2.28. The Morgan fingerprint density at radius 1 is 0.767 bits per heavy atom. The summed E-state index contributed by atoms with van der Waals surface area (Å²) in [5.74, 6) is 2.42. The van der Waals surface area contributed by atoms with Crippen LogP contribution in [0.2, 0.25) is 0 Å². The molecule has 0 unspecified atom stereocenters. The van der Waals surface area contributed by atoms with E-state index in [0.29, 0.717) is 0 Å². The van der Waals surface area contributed by atoms with Crippen molar-refractivity contribution in [2.75, 3.05) is 30.5 Å². The number of benzene rings is 1. The second kappa shape index (κ2) is 10.7. The zero-order chi connectivity index (χ0) is 21.1. The largest absolute Gasteiger partial charge is 0.378 e. The van der Waals surface area contributed by atoms with Gasteiger partial charge in [-0.05, 0) is 48.6 Å². The van der Waals surface area contributed by atoms with Gasteiger partial charge in [0.15, 0.2) is 0 Å². The third kappa shape index (κ3) is 5.26. The molecule has 30 heavy (non-hydrogen) atoms. The molecule has 0 bridgehead atoms. The van der Waals surface area contributed by atoms with Crippen molar-refractivity contribution >= 4 is 76.3 Å². The highest BCUT2D eigenvalue weighted by Crippen LogP contribution is 2.64. The quantitative estimate of drug-likeness (QED) is 0.346. The summed E-state index contributed by atoms with van der Waals surface area (Å²) in [6.45, 7) is 4.53. The first-order chi connectivity index (χ1) is 14.6. The minimum atomic E-state index is 1.21. The van der Waals surface area contributed by atoms with Crippen LogP contribution in [0.3, 0.4) is 0 Å². The molecule has 2 aliphatic heterocycles. The predicted octanol–water partition coefficient (Wildman–Crippen LogP) is 8.76. The Morgan fingerprint density at radius 2 is 1.27 bits per heavy atom. The van der Waals surface area contributed by atoms with Gasteiger partial charge in [-0.1, -0.05) is 60.9 Å². The number of hydrogen-bond acceptors (Lipinski definition) is 7. The molecule has 160 valence electrons. The number of rotatable bonds is 8. The summed E-state index contributed by atoms with van der Waals surface area (Å²) in [6.07, 6.45) is 7.02. The van der Waals surface area contributed by atoms with E-state index in [2.05, 4.69) is 74.1 Å². The first-order valence-corrected chi connectivity index (χ1v) is 15.3. The number of thioether (sulfide) groups is 6. The Kier molecular flexibility index (Phi) is 8.19. The molecule has 4 rings (SSSR count). The van der Waals surface area contributed by atoms with Gasteiger partial charge in [-0.15, -0.1) is 23.5 Å². The van der Waals surface area contributed by atoms with Crippen molar-refractivity contribution in [3.8, 4) is 5.69 Å². The number of hydrogen-bond donors (Lipinski definition) is 0. The molecule has 0 saturated carbocycles. The van der Waals surface area contributed by atoms with Crippen LogP contribution in [0.5, 0.6) is 0 Å². The minimum absolute atomic E-state index is 1.21. The summed E-state index contributed by atoms with van der Waals surface area (Å²) in [7, 11) is 4.15. The third-order valence-electron chi connectivity index (χ3n) is 4.40. The van der Waals surface area contributed by atoms with Crippen LogP contribution in [-0.4, -0.2) is 30.2 Å². The lowest BCUT2D eigenvalue weighted by atomic mass is 10.2. The molecule has 0 fully saturated rings. The maximum absolute atomic E-state index is 2.28. The average Bonchev–Trinajstić information content (AvgIpc) is 3.43. The standard InChI is InChI=1S/C22H26N2S6/c1-5-11-25-19-20(26-12-6-2)30-22(29-19)21-27-17-13-24(14-18(17)28-21)16-9-7-15(8-10-16)23(3)4/h7-10,13-14H,5-6,11-12H2,1-4H3. The van der Waals surface area contributed by atoms with Crippen LogP contribution in [0.25, 0.3) is 5.69 Å². The Labute approximate surface area is 205 Å². The van der Waals surface area contributed by atoms with Crippen LogP contribution >= 0.6 is 70.6 Å². The van der Waals surface area contributed by atoms with E-state index >= 15 is 0 Å². The lowest BCUT2D eigenvalue weighted by Crippen LogP contribution is -2.08. The first-order valence-electron chi connectivity index (χ1n) is 10.0. The normalized spacial score (nSPS) is 16.0. The minimum Gasteiger partial charge on any atom is -0.378 e. The average molecular weight is 511 g/mol. The second-order valence-corrected chi connectivity index (χ2v) is 14.4. The van der Waals surface area contributed by atoms with Crippen LogP contribution in [0.4, 0.5) is 5.69 Å². The highest BCUT2D eigenvalue weighted by Gasteiger charge is 2.29. The Balaban J connectivity index is 1.47. The van der Waals surface area contributed by atoms with E-state index in [-0.39, 0.29) is 0 Å². The van der Waals surface area contributed by atoms with E-state index in [1.54, 1.807) is 0 Å². The molecule has 0 radical (unpaired) electrons. The monoisotopic (exact) mass is 510 g/mol. The first kappa shape index (κ1) is 23.1. The smallest absolute Gasteiger partial charge is 0.0717 e. The zero-order valence-electron chi connectivity index (χ0n) is 17.6. The maximum Gasteiger partial charge on any atom is 0.0717 e. The summed E-state index contributed by atoms with van der Waals surface area (Å²) in [5, 5.41) is 0. The lowest BCUT2D eigenvalue weighted by Gasteiger charge is -2.13. The van der Waals surface area contributed by atoms with Crippen LogP contribution in [0, 0.1) is 0 Å². The van der Waals surface area contributed by atoms with Gasteiger partial charge in [-0.2, -0.15) is 0 Å². The van der Waals surface area contributed by atoms with Gasteiger partial charge in [-0.3, -0.25) is 0 Å². The van der Waals surface area contributed by atoms with Crippen LogP contribution in [0.15, 0.2) is 63.4 Å². The fourth-order valence-corrected chi connectivity index (χ4v) is 11.4. The molecule has 2 aromatic rings. The molecule has 0 spiro atoms. The van der Waals surface area contributed by atoms with E-state index < -0.39 is 0 Å². The van der Waals surface area contributed by atoms with Crippen molar-refractivity contribution in [2.45, 2.75) is 36.5 Å². The van der Waals surface area contributed by atoms with Crippen LogP contribution in [-0.2, 0) is 0 Å². The van der Waals surface area contributed by atoms with Gasteiger partial charge in [0, 0.05) is 47.7 Å². The predicted molar refractivity (Wildman–Crippen MR) is 147 cm³/mol. The van der Waals surface area contributed by atoms with E-state index in [4.69, 9.17) is 0 Å². The third-order valence-corrected chi connectivity index (χ3v) is 13.4. The van der Waals surface area contributed by atoms with Gasteiger partial charge in [-0.25, -0.2) is 0 Å². The SMILES string of the molecule is CCCSC1=C(SCCC)SC(=C2Sc3cn(-c4ccc(N(C)C)cc4)cc3S2)S1. The summed E-state index contributed by atoms with van der Waals surface area (Å²) in [6, 6.07) is 8.74. The summed E-state index contributed by atoms with van der Waals surface area (Å²) >= 11 is 11.9. The molecule has 0 N–H and O–H groups in total. The molecule has 1 aromatic carbocycles. The van der Waals surface area contributed by atoms with Gasteiger partial charge >= 0.3 is 0 Å². The fraction of sp³-hybridized carbons (Fsp3) is 0.364. The molecule has 0 saturated heterocycles. The Hall–Kier alpha value is -0.120. The van der Waals surface area contributed by atoms with Crippen molar-refractivity contribution in [3.63, 3.8) is 0 Å². The van der Waals surface area contributed by atoms with Crippen molar-refractivity contribution < 1.29 is 0 Å². The second-order valence-electron chi connectivity index (χ2n) is 7.06. The fourth-order valence-electron chi connectivity index (χ4n) is 2.87. The lowest BCUT2D eigenvalue weighted by molar-refractivity contribution is 1.06. The molecule has 2 aliphatic rings. The van der Waals surface area contributed by atoms with Gasteiger partial charge in [0.2, 0.25) is 0 Å². The molecule has 2 nitrogen and oxygen atoms in total. The summed E-state index contributed by atoms with van der Waals surface area (Å²) in [4.78, 5) is 4.88. The van der Waals surface area contributed by atoms with E-state index in [1.807, 2.05) is 70.6 Å². The highest BCUT2D eigenvalue weighted by atomic mass is 32.3. The van der Waals surface area contributed by atoms with Crippen molar-refractivity contribution in [3.05, 3.63) is 53.6 Å². The van der Waals surface area contributed by atoms with E-state index in [1.165, 1.54) is 62.5 Å². The number of fused-ring (bicyclic) bond motifs is 1. The van der Waals surface area contributed by atoms with Crippen molar-refractivity contribution in [1.82, 2.24) is 4.57 Å². The Morgan fingerprint density at radius 3 is 1.73 bits per heavy atom. The van der Waals surface area contributed by atoms with Crippen molar-refractivity contribution in [2.24, 2.45) is 0 Å². The van der Waals surface area contributed by atoms with Gasteiger partial charge < -0.3 is 9.47 Å². The summed E-state index contributed by atoms with van der Waals surface area (Å²) in [5.41, 5.74) is 2.44. The van der Waals surface area contributed by atoms with Gasteiger partial charge in [0.05, 0.1) is 16.9 Å². The molecular weight excluding hydrogens is 485 g/mol. The summed E-state index contributed by atoms with van der Waals surface area (Å²) < 4.78 is 8.22. The molecule has 8 heteroatoms. The molecule has 0 atom stereocenters. The van der Waals surface area contributed by atoms with E-state index in [9.17, 15) is 0 Å². The molecular formula is C22H26N2S6.